The van der Waals surface area contributed by atoms with Gasteiger partial charge in [-0.2, -0.15) is 13.2 Å². The van der Waals surface area contributed by atoms with Crippen molar-refractivity contribution < 1.29 is 42.6 Å². The molecule has 4 atom stereocenters. The molecule has 0 aliphatic heterocycles. The van der Waals surface area contributed by atoms with E-state index in [4.69, 9.17) is 9.90 Å². The number of para-hydroxylation sites is 1. The topological polar surface area (TPSA) is 157 Å². The van der Waals surface area contributed by atoms with Crippen LogP contribution in [0.25, 0.3) is 0 Å². The Bertz CT molecular complexity index is 1050. The molecule has 6 N–H and O–H groups in total. The van der Waals surface area contributed by atoms with E-state index in [1.807, 2.05) is 58.0 Å². The average Bonchev–Trinajstić information content (AvgIpc) is 2.96. The molecular formula is C32H51F3N4O6. The lowest BCUT2D eigenvalue weighted by Crippen LogP contribution is -2.55. The van der Waals surface area contributed by atoms with Gasteiger partial charge in [0.2, 0.25) is 17.7 Å². The van der Waals surface area contributed by atoms with Crippen LogP contribution in [0.1, 0.15) is 86.0 Å². The number of carbonyl (C=O) groups is 4. The molecule has 0 bridgehead atoms. The van der Waals surface area contributed by atoms with Crippen molar-refractivity contribution in [2.45, 2.75) is 116 Å². The van der Waals surface area contributed by atoms with Gasteiger partial charge in [0, 0.05) is 12.2 Å². The summed E-state index contributed by atoms with van der Waals surface area (Å²) in [5.74, 6) is -2.68. The third-order valence-electron chi connectivity index (χ3n) is 7.34. The first kappa shape index (κ1) is 39.7. The van der Waals surface area contributed by atoms with Crippen molar-refractivity contribution in [2.24, 2.45) is 17.8 Å². The predicted molar refractivity (Wildman–Crippen MR) is 166 cm³/mol. The third kappa shape index (κ3) is 17.1. The van der Waals surface area contributed by atoms with E-state index < -0.39 is 36.4 Å². The number of anilines is 1. The Labute approximate surface area is 264 Å². The monoisotopic (exact) mass is 644 g/mol. The van der Waals surface area contributed by atoms with Crippen molar-refractivity contribution in [2.75, 3.05) is 11.9 Å². The Morgan fingerprint density at radius 2 is 1.47 bits per heavy atom. The quantitative estimate of drug-likeness (QED) is 0.163. The molecule has 0 aromatic heterocycles. The highest BCUT2D eigenvalue weighted by Crippen LogP contribution is 2.28. The van der Waals surface area contributed by atoms with Gasteiger partial charge < -0.3 is 31.5 Å². The molecule has 2 rings (SSSR count). The van der Waals surface area contributed by atoms with Crippen molar-refractivity contribution in [3.63, 3.8) is 0 Å². The van der Waals surface area contributed by atoms with Gasteiger partial charge in [-0.15, -0.1) is 0 Å². The van der Waals surface area contributed by atoms with E-state index in [0.29, 0.717) is 31.2 Å². The van der Waals surface area contributed by atoms with E-state index in [1.54, 1.807) is 6.92 Å². The van der Waals surface area contributed by atoms with Crippen LogP contribution in [0.2, 0.25) is 0 Å². The lowest BCUT2D eigenvalue weighted by Gasteiger charge is -2.32. The van der Waals surface area contributed by atoms with Crippen LogP contribution in [-0.2, 0) is 19.2 Å². The molecule has 256 valence electrons. The number of benzene rings is 1. The maximum Gasteiger partial charge on any atom is 0.490 e. The first-order valence-corrected chi connectivity index (χ1v) is 15.7. The highest BCUT2D eigenvalue weighted by molar-refractivity contribution is 5.91. The van der Waals surface area contributed by atoms with E-state index in [1.165, 1.54) is 6.42 Å². The van der Waals surface area contributed by atoms with E-state index in [-0.39, 0.29) is 30.1 Å². The molecule has 3 amide bonds. The summed E-state index contributed by atoms with van der Waals surface area (Å²) >= 11 is 0. The fraction of sp³-hybridized carbons (Fsp3) is 0.688. The summed E-state index contributed by atoms with van der Waals surface area (Å²) in [6.45, 7) is 10.3. The smallest absolute Gasteiger partial charge is 0.475 e. The summed E-state index contributed by atoms with van der Waals surface area (Å²) in [7, 11) is 0. The normalized spacial score (nSPS) is 16.4. The van der Waals surface area contributed by atoms with E-state index in [0.717, 1.165) is 31.4 Å². The van der Waals surface area contributed by atoms with Crippen LogP contribution in [0, 0.1) is 17.8 Å². The molecule has 0 heterocycles. The van der Waals surface area contributed by atoms with Gasteiger partial charge in [0.1, 0.15) is 12.1 Å². The van der Waals surface area contributed by atoms with Crippen LogP contribution in [0.4, 0.5) is 18.9 Å². The van der Waals surface area contributed by atoms with Gasteiger partial charge in [0.25, 0.3) is 0 Å². The molecule has 10 nitrogen and oxygen atoms in total. The van der Waals surface area contributed by atoms with E-state index in [2.05, 4.69) is 21.3 Å². The molecule has 0 radical (unpaired) electrons. The first-order valence-electron chi connectivity index (χ1n) is 15.7. The van der Waals surface area contributed by atoms with Crippen molar-refractivity contribution in [3.8, 4) is 0 Å². The van der Waals surface area contributed by atoms with Crippen LogP contribution >= 0.6 is 0 Å². The molecule has 13 heteroatoms. The molecule has 1 aliphatic carbocycles. The van der Waals surface area contributed by atoms with Crippen LogP contribution in [-0.4, -0.2) is 70.9 Å². The number of hydrogen-bond acceptors (Lipinski definition) is 6. The van der Waals surface area contributed by atoms with E-state index in [9.17, 15) is 32.7 Å². The zero-order chi connectivity index (χ0) is 34.2. The standard InChI is InChI=1S/C30H50N4O4.C2HF3O2/c1-20(2)16-26(34-29(37)22(5)32-24-14-10-7-11-15-24)30(38)33-25(17-23-12-8-6-9-13-23)27(35)18-28(36)31-19-21(3)4;3-2(4,5)1(6)7/h7,10-11,14-15,20-23,25-27,32,35H,6,8-9,12-13,16-19H2,1-5H3,(H,31,36)(H,33,38)(H,34,37);(H,6,7)/t22?,25?,26-,27?;/m0./s1. The van der Waals surface area contributed by atoms with Gasteiger partial charge >= 0.3 is 12.1 Å². The fourth-order valence-corrected chi connectivity index (χ4v) is 4.95. The van der Waals surface area contributed by atoms with Crippen molar-refractivity contribution >= 4 is 29.4 Å². The van der Waals surface area contributed by atoms with Crippen LogP contribution in [0.15, 0.2) is 30.3 Å². The minimum atomic E-state index is -5.08. The van der Waals surface area contributed by atoms with Gasteiger partial charge in [-0.3, -0.25) is 14.4 Å². The van der Waals surface area contributed by atoms with Crippen LogP contribution in [0.5, 0.6) is 0 Å². The SMILES string of the molecule is CC(C)CNC(=O)CC(O)C(CC1CCCCC1)NC(=O)[C@H](CC(C)C)NC(=O)C(C)Nc1ccccc1.O=C(O)C(F)(F)F. The van der Waals surface area contributed by atoms with E-state index >= 15 is 0 Å². The second kappa shape index (κ2) is 19.9. The molecule has 1 saturated carbocycles. The van der Waals surface area contributed by atoms with Gasteiger partial charge in [0.15, 0.2) is 0 Å². The summed E-state index contributed by atoms with van der Waals surface area (Å²) in [4.78, 5) is 47.8. The molecule has 0 spiro atoms. The van der Waals surface area contributed by atoms with Gasteiger partial charge in [0.05, 0.1) is 18.6 Å². The Morgan fingerprint density at radius 3 is 1.98 bits per heavy atom. The average molecular weight is 645 g/mol. The highest BCUT2D eigenvalue weighted by atomic mass is 19.4. The molecule has 1 aliphatic rings. The number of hydrogen-bond donors (Lipinski definition) is 6. The summed E-state index contributed by atoms with van der Waals surface area (Å²) in [5, 5.41) is 30.1. The van der Waals surface area contributed by atoms with Gasteiger partial charge in [-0.05, 0) is 49.7 Å². The molecule has 1 fully saturated rings. The number of amides is 3. The van der Waals surface area contributed by atoms with Crippen LogP contribution in [0.3, 0.4) is 0 Å². The summed E-state index contributed by atoms with van der Waals surface area (Å²) in [6, 6.07) is 7.64. The van der Waals surface area contributed by atoms with Crippen molar-refractivity contribution in [1.29, 1.82) is 0 Å². The lowest BCUT2D eigenvalue weighted by atomic mass is 9.83. The number of aliphatic carboxylic acids is 1. The number of carboxylic acids is 1. The third-order valence-corrected chi connectivity index (χ3v) is 7.34. The Balaban J connectivity index is 0.00000129. The largest absolute Gasteiger partial charge is 0.490 e. The molecule has 45 heavy (non-hydrogen) atoms. The lowest BCUT2D eigenvalue weighted by molar-refractivity contribution is -0.192. The zero-order valence-electron chi connectivity index (χ0n) is 27.0. The molecule has 3 unspecified atom stereocenters. The number of aliphatic hydroxyl groups excluding tert-OH is 1. The fourth-order valence-electron chi connectivity index (χ4n) is 4.95. The number of alkyl halides is 3. The first-order chi connectivity index (χ1) is 21.0. The Hall–Kier alpha value is -3.35. The Morgan fingerprint density at radius 1 is 0.889 bits per heavy atom. The maximum absolute atomic E-state index is 13.5. The van der Waals surface area contributed by atoms with Gasteiger partial charge in [-0.1, -0.05) is 78.0 Å². The summed E-state index contributed by atoms with van der Waals surface area (Å²) in [6.07, 6.45) is 0.580. The number of nitrogens with one attached hydrogen (secondary N) is 4. The van der Waals surface area contributed by atoms with Crippen LogP contribution < -0.4 is 21.3 Å². The molecule has 1 aromatic rings. The number of aliphatic hydroxyl groups is 1. The molecule has 1 aromatic carbocycles. The molecular weight excluding hydrogens is 593 g/mol. The molecule has 0 saturated heterocycles. The van der Waals surface area contributed by atoms with Gasteiger partial charge in [-0.25, -0.2) is 4.79 Å². The minimum Gasteiger partial charge on any atom is -0.475 e. The number of carboxylic acid groups (broad SMARTS) is 1. The Kier molecular flexibility index (Phi) is 17.6. The minimum absolute atomic E-state index is 0.0659. The second-order valence-electron chi connectivity index (χ2n) is 12.5. The number of carbonyl (C=O) groups excluding carboxylic acids is 3. The summed E-state index contributed by atoms with van der Waals surface area (Å²) in [5.41, 5.74) is 0.825. The summed E-state index contributed by atoms with van der Waals surface area (Å²) < 4.78 is 31.7. The van der Waals surface area contributed by atoms with Crippen molar-refractivity contribution in [1.82, 2.24) is 16.0 Å². The zero-order valence-corrected chi connectivity index (χ0v) is 27.0. The number of halogens is 3. The maximum atomic E-state index is 13.5. The second-order valence-corrected chi connectivity index (χ2v) is 12.5. The number of rotatable bonds is 15. The highest BCUT2D eigenvalue weighted by Gasteiger charge is 2.38. The van der Waals surface area contributed by atoms with Crippen molar-refractivity contribution in [3.05, 3.63) is 30.3 Å². The predicted octanol–water partition coefficient (Wildman–Crippen LogP) is 4.63.